The van der Waals surface area contributed by atoms with E-state index >= 15 is 0 Å². The minimum absolute atomic E-state index is 0.206. The molecular formula is C27H31F3N7O+. The van der Waals surface area contributed by atoms with E-state index in [0.717, 1.165) is 27.4 Å². The Labute approximate surface area is 218 Å². The predicted octanol–water partition coefficient (Wildman–Crippen LogP) is 3.09. The molecule has 2 aromatic carbocycles. The first-order chi connectivity index (χ1) is 17.9. The van der Waals surface area contributed by atoms with E-state index in [1.807, 2.05) is 56.9 Å². The zero-order valence-electron chi connectivity index (χ0n) is 21.8. The number of nitrogens with zero attached hydrogens (tertiary/aromatic N) is 5. The van der Waals surface area contributed by atoms with Crippen LogP contribution in [0.4, 0.5) is 18.9 Å². The molecule has 3 heterocycles. The molecule has 38 heavy (non-hydrogen) atoms. The van der Waals surface area contributed by atoms with Crippen molar-refractivity contribution in [2.75, 3.05) is 31.1 Å². The smallest absolute Gasteiger partial charge is 0.360 e. The van der Waals surface area contributed by atoms with Crippen LogP contribution in [-0.2, 0) is 11.7 Å². The van der Waals surface area contributed by atoms with Crippen LogP contribution in [0.25, 0.3) is 10.9 Å². The molecule has 1 aliphatic rings. The molecule has 1 saturated heterocycles. The number of hydrogen-bond donors (Lipinski definition) is 2. The molecule has 1 atom stereocenters. The van der Waals surface area contributed by atoms with Crippen molar-refractivity contribution in [1.82, 2.24) is 25.2 Å². The summed E-state index contributed by atoms with van der Waals surface area (Å²) in [5.74, 6) is 0.581. The molecule has 0 bridgehead atoms. The summed E-state index contributed by atoms with van der Waals surface area (Å²) in [4.78, 5) is 19.5. The summed E-state index contributed by atoms with van der Waals surface area (Å²) in [6.45, 7) is 10.2. The van der Waals surface area contributed by atoms with E-state index in [-0.39, 0.29) is 5.56 Å². The Balaban J connectivity index is 1.52. The van der Waals surface area contributed by atoms with Crippen molar-refractivity contribution in [3.8, 4) is 0 Å². The third-order valence-electron chi connectivity index (χ3n) is 7.08. The highest BCUT2D eigenvalue weighted by Gasteiger charge is 2.38. The summed E-state index contributed by atoms with van der Waals surface area (Å²) >= 11 is 0. The molecule has 0 aliphatic carbocycles. The van der Waals surface area contributed by atoms with Gasteiger partial charge in [-0.25, -0.2) is 4.68 Å². The molecule has 8 nitrogen and oxygen atoms in total. The monoisotopic (exact) mass is 526 g/mol. The molecule has 0 radical (unpaired) electrons. The number of quaternary nitrogens is 1. The number of aryl methyl sites for hydroxylation is 1. The first kappa shape index (κ1) is 25.9. The zero-order valence-corrected chi connectivity index (χ0v) is 21.8. The molecule has 2 aromatic heterocycles. The molecule has 0 amide bonds. The maximum atomic E-state index is 13.4. The molecule has 0 unspecified atom stereocenters. The number of aromatic amines is 1. The zero-order chi connectivity index (χ0) is 27.2. The van der Waals surface area contributed by atoms with E-state index in [1.165, 1.54) is 12.1 Å². The van der Waals surface area contributed by atoms with Crippen LogP contribution in [0.3, 0.4) is 0 Å². The third kappa shape index (κ3) is 5.02. The largest absolute Gasteiger partial charge is 0.416 e. The van der Waals surface area contributed by atoms with E-state index < -0.39 is 23.3 Å². The minimum Gasteiger partial charge on any atom is -0.360 e. The highest BCUT2D eigenvalue weighted by atomic mass is 19.4. The van der Waals surface area contributed by atoms with Gasteiger partial charge >= 0.3 is 6.18 Å². The Morgan fingerprint density at radius 3 is 2.45 bits per heavy atom. The quantitative estimate of drug-likeness (QED) is 0.427. The van der Waals surface area contributed by atoms with Crippen LogP contribution in [-0.4, -0.2) is 51.4 Å². The van der Waals surface area contributed by atoms with Crippen molar-refractivity contribution in [1.29, 1.82) is 0 Å². The fraction of sp³-hybridized carbons (Fsp3) is 0.407. The van der Waals surface area contributed by atoms with Crippen LogP contribution in [0.5, 0.6) is 0 Å². The van der Waals surface area contributed by atoms with Gasteiger partial charge in [-0.2, -0.15) is 13.2 Å². The van der Waals surface area contributed by atoms with Gasteiger partial charge < -0.3 is 14.8 Å². The second-order valence-electron chi connectivity index (χ2n) is 10.9. The predicted molar refractivity (Wildman–Crippen MR) is 138 cm³/mol. The minimum atomic E-state index is -4.40. The van der Waals surface area contributed by atoms with E-state index in [9.17, 15) is 18.0 Å². The molecule has 5 rings (SSSR count). The summed E-state index contributed by atoms with van der Waals surface area (Å²) in [5.41, 5.74) is 1.64. The van der Waals surface area contributed by atoms with Gasteiger partial charge in [0.2, 0.25) is 5.82 Å². The average molecular weight is 527 g/mol. The highest BCUT2D eigenvalue weighted by Crippen LogP contribution is 2.32. The van der Waals surface area contributed by atoms with Crippen LogP contribution >= 0.6 is 0 Å². The lowest BCUT2D eigenvalue weighted by molar-refractivity contribution is -0.927. The summed E-state index contributed by atoms with van der Waals surface area (Å²) in [6.07, 6.45) is -4.40. The number of pyridine rings is 1. The van der Waals surface area contributed by atoms with Crippen LogP contribution in [0.1, 0.15) is 49.3 Å². The molecule has 0 saturated carbocycles. The van der Waals surface area contributed by atoms with E-state index in [0.29, 0.717) is 43.3 Å². The number of anilines is 1. The van der Waals surface area contributed by atoms with Crippen molar-refractivity contribution in [3.05, 3.63) is 81.4 Å². The van der Waals surface area contributed by atoms with E-state index in [4.69, 9.17) is 0 Å². The Morgan fingerprint density at radius 2 is 1.76 bits per heavy atom. The number of nitrogens with one attached hydrogen (secondary N) is 2. The van der Waals surface area contributed by atoms with Crippen LogP contribution < -0.4 is 15.4 Å². The lowest BCUT2D eigenvalue weighted by atomic mass is 10.0. The van der Waals surface area contributed by atoms with Crippen molar-refractivity contribution < 1.29 is 18.1 Å². The number of aromatic nitrogens is 5. The number of rotatable bonds is 4. The van der Waals surface area contributed by atoms with Crippen LogP contribution in [0, 0.1) is 6.92 Å². The normalized spacial score (nSPS) is 16.2. The number of hydrogen-bond acceptors (Lipinski definition) is 5. The van der Waals surface area contributed by atoms with Gasteiger partial charge in [0.05, 0.1) is 42.8 Å². The Hall–Kier alpha value is -3.73. The molecule has 11 heteroatoms. The fourth-order valence-electron chi connectivity index (χ4n) is 5.17. The molecule has 4 aromatic rings. The number of alkyl halides is 3. The number of benzene rings is 2. The Morgan fingerprint density at radius 1 is 1.03 bits per heavy atom. The van der Waals surface area contributed by atoms with Crippen LogP contribution in [0.2, 0.25) is 0 Å². The number of fused-ring (bicyclic) bond motifs is 1. The van der Waals surface area contributed by atoms with Crippen LogP contribution in [0.15, 0.2) is 53.3 Å². The first-order valence-corrected chi connectivity index (χ1v) is 12.6. The standard InChI is InChI=1S/C27H30F3N7O/c1-17-8-9-22-18(14-17)15-21(25(38)31-22)23(24-32-33-34-37(24)26(2,3)4)36-12-10-35(11-13-36)20-7-5-6-19(16-20)27(28,29)30/h5-9,14-16,23H,10-13H2,1-4H3,(H,31,38)/p+1/t23-/m1/s1. The van der Waals surface area contributed by atoms with Crippen molar-refractivity contribution >= 4 is 16.6 Å². The highest BCUT2D eigenvalue weighted by molar-refractivity contribution is 5.79. The summed E-state index contributed by atoms with van der Waals surface area (Å²) < 4.78 is 41.6. The number of H-pyrrole nitrogens is 1. The fourth-order valence-corrected chi connectivity index (χ4v) is 5.17. The average Bonchev–Trinajstić information content (AvgIpc) is 3.35. The van der Waals surface area contributed by atoms with Crippen molar-refractivity contribution in [3.63, 3.8) is 0 Å². The molecule has 200 valence electrons. The maximum Gasteiger partial charge on any atom is 0.416 e. The van der Waals surface area contributed by atoms with Crippen molar-refractivity contribution in [2.24, 2.45) is 0 Å². The van der Waals surface area contributed by atoms with E-state index in [1.54, 1.807) is 10.7 Å². The number of halogens is 3. The molecule has 1 aliphatic heterocycles. The molecular weight excluding hydrogens is 495 g/mol. The lowest BCUT2D eigenvalue weighted by Gasteiger charge is -2.37. The van der Waals surface area contributed by atoms with E-state index in [2.05, 4.69) is 20.5 Å². The van der Waals surface area contributed by atoms with Gasteiger partial charge in [0, 0.05) is 11.2 Å². The van der Waals surface area contributed by atoms with Gasteiger partial charge in [0.25, 0.3) is 5.56 Å². The summed E-state index contributed by atoms with van der Waals surface area (Å²) in [6, 6.07) is 12.8. The summed E-state index contributed by atoms with van der Waals surface area (Å²) in [7, 11) is 0. The Kier molecular flexibility index (Phi) is 6.50. The molecule has 0 spiro atoms. The first-order valence-electron chi connectivity index (χ1n) is 12.6. The second kappa shape index (κ2) is 9.54. The third-order valence-corrected chi connectivity index (χ3v) is 7.08. The SMILES string of the molecule is Cc1ccc2[nH]c(=O)c([C@H](c3nnnn3C(C)(C)C)[NH+]3CCN(c4cccc(C(F)(F)F)c4)CC3)cc2c1. The van der Waals surface area contributed by atoms with Gasteiger partial charge in [-0.15, -0.1) is 5.10 Å². The number of piperazine rings is 1. The number of tetrazole rings is 1. The van der Waals surface area contributed by atoms with Gasteiger partial charge in [-0.05, 0) is 79.9 Å². The van der Waals surface area contributed by atoms with Gasteiger partial charge in [0.15, 0.2) is 6.04 Å². The topological polar surface area (TPSA) is 84.1 Å². The van der Waals surface area contributed by atoms with Crippen molar-refractivity contribution in [2.45, 2.75) is 45.5 Å². The van der Waals surface area contributed by atoms with Gasteiger partial charge in [-0.3, -0.25) is 4.79 Å². The Bertz CT molecular complexity index is 1510. The summed E-state index contributed by atoms with van der Waals surface area (Å²) in [5, 5.41) is 13.5. The maximum absolute atomic E-state index is 13.4. The van der Waals surface area contributed by atoms with Gasteiger partial charge in [-0.1, -0.05) is 17.7 Å². The van der Waals surface area contributed by atoms with Gasteiger partial charge in [0.1, 0.15) is 0 Å². The molecule has 1 fully saturated rings. The lowest BCUT2D eigenvalue weighted by Crippen LogP contribution is -3.15. The second-order valence-corrected chi connectivity index (χ2v) is 10.9. The molecule has 2 N–H and O–H groups in total.